The van der Waals surface area contributed by atoms with Crippen LogP contribution in [0.4, 0.5) is 5.82 Å². The van der Waals surface area contributed by atoms with Gasteiger partial charge in [-0.15, -0.1) is 0 Å². The van der Waals surface area contributed by atoms with Crippen molar-refractivity contribution in [3.63, 3.8) is 0 Å². The Bertz CT molecular complexity index is 587. The Labute approximate surface area is 123 Å². The van der Waals surface area contributed by atoms with Gasteiger partial charge in [0.15, 0.2) is 6.61 Å². The number of amides is 1. The van der Waals surface area contributed by atoms with Crippen LogP contribution in [0.15, 0.2) is 24.4 Å². The molecule has 1 aromatic heterocycles. The lowest BCUT2D eigenvalue weighted by Gasteiger charge is -2.09. The standard InChI is InChI=1S/C11H8Cl3N3O2/c12-6-3-8(14)9(4-7(6)13)19-5-11(18)16-10-1-2-15-17-10/h1-4H,5H2,(H2,15,16,17,18). The number of hydrogen-bond donors (Lipinski definition) is 2. The largest absolute Gasteiger partial charge is 0.482 e. The van der Waals surface area contributed by atoms with Crippen molar-refractivity contribution in [1.82, 2.24) is 10.2 Å². The second-order valence-corrected chi connectivity index (χ2v) is 4.73. The van der Waals surface area contributed by atoms with Gasteiger partial charge in [0, 0.05) is 12.1 Å². The Morgan fingerprint density at radius 2 is 2.00 bits per heavy atom. The highest BCUT2D eigenvalue weighted by Gasteiger charge is 2.10. The van der Waals surface area contributed by atoms with Crippen LogP contribution in [0.25, 0.3) is 0 Å². The number of ether oxygens (including phenoxy) is 1. The molecule has 0 fully saturated rings. The Balaban J connectivity index is 1.95. The fourth-order valence-electron chi connectivity index (χ4n) is 1.27. The summed E-state index contributed by atoms with van der Waals surface area (Å²) in [5, 5.41) is 9.74. The molecule has 0 aliphatic carbocycles. The molecule has 0 bridgehead atoms. The van der Waals surface area contributed by atoms with Crippen molar-refractivity contribution in [3.05, 3.63) is 39.5 Å². The van der Waals surface area contributed by atoms with E-state index in [4.69, 9.17) is 39.5 Å². The van der Waals surface area contributed by atoms with Crippen LogP contribution >= 0.6 is 34.8 Å². The van der Waals surface area contributed by atoms with Crippen LogP contribution in [-0.4, -0.2) is 22.7 Å². The second-order valence-electron chi connectivity index (χ2n) is 3.50. The first-order valence-electron chi connectivity index (χ1n) is 5.13. The molecule has 5 nitrogen and oxygen atoms in total. The third kappa shape index (κ3) is 3.76. The van der Waals surface area contributed by atoms with Crippen LogP contribution in [0.5, 0.6) is 5.75 Å². The topological polar surface area (TPSA) is 67.0 Å². The molecule has 0 saturated heterocycles. The van der Waals surface area contributed by atoms with Crippen molar-refractivity contribution in [2.45, 2.75) is 0 Å². The molecule has 1 heterocycles. The summed E-state index contributed by atoms with van der Waals surface area (Å²) < 4.78 is 5.26. The van der Waals surface area contributed by atoms with Gasteiger partial charge in [0.2, 0.25) is 0 Å². The highest BCUT2D eigenvalue weighted by atomic mass is 35.5. The molecular formula is C11H8Cl3N3O2. The van der Waals surface area contributed by atoms with Crippen molar-refractivity contribution in [2.75, 3.05) is 11.9 Å². The van der Waals surface area contributed by atoms with Crippen LogP contribution in [0, 0.1) is 0 Å². The van der Waals surface area contributed by atoms with E-state index < -0.39 is 0 Å². The zero-order chi connectivity index (χ0) is 13.8. The minimum atomic E-state index is -0.355. The van der Waals surface area contributed by atoms with Crippen LogP contribution in [-0.2, 0) is 4.79 Å². The van der Waals surface area contributed by atoms with Crippen LogP contribution in [0.1, 0.15) is 0 Å². The molecule has 2 aromatic rings. The maximum atomic E-state index is 11.6. The number of aromatic nitrogens is 2. The number of anilines is 1. The minimum Gasteiger partial charge on any atom is -0.482 e. The number of H-pyrrole nitrogens is 1. The van der Waals surface area contributed by atoms with Crippen LogP contribution in [0.2, 0.25) is 15.1 Å². The number of carbonyl (C=O) groups is 1. The van der Waals surface area contributed by atoms with Crippen LogP contribution < -0.4 is 10.1 Å². The third-order valence-corrected chi connectivity index (χ3v) is 3.13. The number of nitrogens with one attached hydrogen (secondary N) is 2. The van der Waals surface area contributed by atoms with Crippen molar-refractivity contribution >= 4 is 46.5 Å². The van der Waals surface area contributed by atoms with Gasteiger partial charge in [-0.2, -0.15) is 5.10 Å². The van der Waals surface area contributed by atoms with Gasteiger partial charge >= 0.3 is 0 Å². The lowest BCUT2D eigenvalue weighted by Crippen LogP contribution is -2.20. The quantitative estimate of drug-likeness (QED) is 0.849. The van der Waals surface area contributed by atoms with Gasteiger partial charge < -0.3 is 10.1 Å². The smallest absolute Gasteiger partial charge is 0.263 e. The molecule has 8 heteroatoms. The molecule has 0 unspecified atom stereocenters. The molecule has 0 spiro atoms. The van der Waals surface area contributed by atoms with E-state index in [1.165, 1.54) is 18.3 Å². The van der Waals surface area contributed by atoms with Crippen molar-refractivity contribution in [1.29, 1.82) is 0 Å². The summed E-state index contributed by atoms with van der Waals surface area (Å²) in [5.74, 6) is 0.413. The SMILES string of the molecule is O=C(COc1cc(Cl)c(Cl)cc1Cl)Nc1ccn[nH]1. The fraction of sp³-hybridized carbons (Fsp3) is 0.0909. The lowest BCUT2D eigenvalue weighted by molar-refractivity contribution is -0.118. The Kier molecular flexibility index (Phi) is 4.52. The first kappa shape index (κ1) is 14.0. The molecule has 100 valence electrons. The summed E-state index contributed by atoms with van der Waals surface area (Å²) in [7, 11) is 0. The first-order chi connectivity index (χ1) is 9.06. The summed E-state index contributed by atoms with van der Waals surface area (Å²) >= 11 is 17.5. The van der Waals surface area contributed by atoms with Gasteiger partial charge in [0.05, 0.1) is 21.3 Å². The van der Waals surface area contributed by atoms with E-state index in [1.54, 1.807) is 6.07 Å². The Morgan fingerprint density at radius 3 is 2.68 bits per heavy atom. The van der Waals surface area contributed by atoms with Crippen molar-refractivity contribution < 1.29 is 9.53 Å². The number of hydrogen-bond acceptors (Lipinski definition) is 3. The second kappa shape index (κ2) is 6.14. The summed E-state index contributed by atoms with van der Waals surface area (Å²) in [6.07, 6.45) is 1.52. The zero-order valence-corrected chi connectivity index (χ0v) is 11.7. The molecule has 2 rings (SSSR count). The van der Waals surface area contributed by atoms with E-state index in [1.807, 2.05) is 0 Å². The van der Waals surface area contributed by atoms with Gasteiger partial charge in [-0.25, -0.2) is 0 Å². The predicted molar refractivity (Wildman–Crippen MR) is 74.2 cm³/mol. The minimum absolute atomic E-state index is 0.212. The molecule has 0 aliphatic heterocycles. The predicted octanol–water partition coefficient (Wildman–Crippen LogP) is 3.39. The average molecular weight is 321 g/mol. The molecular weight excluding hydrogens is 312 g/mol. The van der Waals surface area contributed by atoms with Crippen molar-refractivity contribution in [2.24, 2.45) is 0 Å². The maximum absolute atomic E-state index is 11.6. The van der Waals surface area contributed by atoms with Gasteiger partial charge in [-0.05, 0) is 6.07 Å². The molecule has 1 aromatic carbocycles. The molecule has 0 atom stereocenters. The highest BCUT2D eigenvalue weighted by molar-refractivity contribution is 6.43. The van der Waals surface area contributed by atoms with Gasteiger partial charge in [-0.3, -0.25) is 9.89 Å². The van der Waals surface area contributed by atoms with Gasteiger partial charge in [0.25, 0.3) is 5.91 Å². The van der Waals surface area contributed by atoms with Gasteiger partial charge in [-0.1, -0.05) is 34.8 Å². The van der Waals surface area contributed by atoms with E-state index in [9.17, 15) is 4.79 Å². The molecule has 2 N–H and O–H groups in total. The fourth-order valence-corrected chi connectivity index (χ4v) is 1.86. The summed E-state index contributed by atoms with van der Waals surface area (Å²) in [6, 6.07) is 4.52. The van der Waals surface area contributed by atoms with Gasteiger partial charge in [0.1, 0.15) is 11.6 Å². The summed E-state index contributed by atoms with van der Waals surface area (Å²) in [6.45, 7) is -0.212. The van der Waals surface area contributed by atoms with Crippen molar-refractivity contribution in [3.8, 4) is 5.75 Å². The monoisotopic (exact) mass is 319 g/mol. The normalized spacial score (nSPS) is 10.3. The molecule has 1 amide bonds. The van der Waals surface area contributed by atoms with E-state index in [0.717, 1.165) is 0 Å². The Hall–Kier alpha value is -1.43. The highest BCUT2D eigenvalue weighted by Crippen LogP contribution is 2.33. The van der Waals surface area contributed by atoms with Crippen LogP contribution in [0.3, 0.4) is 0 Å². The number of benzene rings is 1. The average Bonchev–Trinajstić information content (AvgIpc) is 2.85. The number of halogens is 3. The molecule has 0 saturated carbocycles. The third-order valence-electron chi connectivity index (χ3n) is 2.11. The summed E-state index contributed by atoms with van der Waals surface area (Å²) in [5.41, 5.74) is 0. The number of aromatic amines is 1. The van der Waals surface area contributed by atoms with E-state index >= 15 is 0 Å². The number of nitrogens with zero attached hydrogens (tertiary/aromatic N) is 1. The maximum Gasteiger partial charge on any atom is 0.263 e. The molecule has 0 radical (unpaired) electrons. The van der Waals surface area contributed by atoms with E-state index in [-0.39, 0.29) is 23.3 Å². The van der Waals surface area contributed by atoms with E-state index in [2.05, 4.69) is 15.5 Å². The molecule has 19 heavy (non-hydrogen) atoms. The zero-order valence-electron chi connectivity index (χ0n) is 9.41. The first-order valence-corrected chi connectivity index (χ1v) is 6.26. The number of rotatable bonds is 4. The molecule has 0 aliphatic rings. The summed E-state index contributed by atoms with van der Waals surface area (Å²) in [4.78, 5) is 11.6. The lowest BCUT2D eigenvalue weighted by atomic mass is 10.3. The number of carbonyl (C=O) groups excluding carboxylic acids is 1. The Morgan fingerprint density at radius 1 is 1.26 bits per heavy atom. The van der Waals surface area contributed by atoms with E-state index in [0.29, 0.717) is 15.9 Å².